The van der Waals surface area contributed by atoms with E-state index in [9.17, 15) is 4.79 Å². The molecule has 1 fully saturated rings. The van der Waals surface area contributed by atoms with Gasteiger partial charge in [-0.25, -0.2) is 9.97 Å². The number of hydrogen-bond donors (Lipinski definition) is 1. The van der Waals surface area contributed by atoms with Crippen LogP contribution in [0.25, 0.3) is 22.1 Å². The number of aromatic nitrogens is 2. The Morgan fingerprint density at radius 3 is 2.48 bits per heavy atom. The third-order valence-corrected chi connectivity index (χ3v) is 5.63. The van der Waals surface area contributed by atoms with Gasteiger partial charge in [-0.15, -0.1) is 0 Å². The van der Waals surface area contributed by atoms with Crippen LogP contribution in [-0.2, 0) is 4.74 Å². The monoisotopic (exact) mass is 416 g/mol. The van der Waals surface area contributed by atoms with Crippen LogP contribution in [0.1, 0.15) is 27.3 Å². The van der Waals surface area contributed by atoms with Crippen molar-refractivity contribution in [1.82, 2.24) is 9.97 Å². The maximum absolute atomic E-state index is 13.2. The van der Waals surface area contributed by atoms with Crippen molar-refractivity contribution in [1.29, 1.82) is 0 Å². The number of hydrogen-bond acceptors (Lipinski definition) is 6. The summed E-state index contributed by atoms with van der Waals surface area (Å²) in [6, 6.07) is 11.8. The number of amides is 1. The molecule has 0 spiro atoms. The molecule has 0 atom stereocenters. The minimum absolute atomic E-state index is 0.125. The summed E-state index contributed by atoms with van der Waals surface area (Å²) < 4.78 is 11.6. The molecular formula is C24H24N4O3. The molecule has 7 nitrogen and oxygen atoms in total. The van der Waals surface area contributed by atoms with E-state index in [2.05, 4.69) is 32.3 Å². The van der Waals surface area contributed by atoms with E-state index in [1.54, 1.807) is 0 Å². The average molecular weight is 416 g/mol. The molecule has 1 amide bonds. The highest BCUT2D eigenvalue weighted by Crippen LogP contribution is 2.33. The lowest BCUT2D eigenvalue weighted by molar-refractivity contribution is 0.101. The highest BCUT2D eigenvalue weighted by atomic mass is 16.5. The van der Waals surface area contributed by atoms with Crippen LogP contribution >= 0.6 is 0 Å². The Kier molecular flexibility index (Phi) is 4.82. The summed E-state index contributed by atoms with van der Waals surface area (Å²) in [5.41, 5.74) is 5.94. The van der Waals surface area contributed by atoms with Crippen LogP contribution in [-0.4, -0.2) is 42.2 Å². The first kappa shape index (κ1) is 19.5. The highest BCUT2D eigenvalue weighted by Gasteiger charge is 2.24. The van der Waals surface area contributed by atoms with Crippen molar-refractivity contribution < 1.29 is 13.9 Å². The SMILES string of the molecule is Cc1cc(C)c(NC(=O)c2nc(N3CCOCC3)c3oc4ccccc4c3n2)c(C)c1. The smallest absolute Gasteiger partial charge is 0.293 e. The van der Waals surface area contributed by atoms with E-state index in [-0.39, 0.29) is 11.7 Å². The number of rotatable bonds is 3. The van der Waals surface area contributed by atoms with Gasteiger partial charge in [-0.1, -0.05) is 29.8 Å². The van der Waals surface area contributed by atoms with Crippen LogP contribution in [0.2, 0.25) is 0 Å². The van der Waals surface area contributed by atoms with Gasteiger partial charge in [-0.2, -0.15) is 0 Å². The van der Waals surface area contributed by atoms with Gasteiger partial charge in [-0.05, 0) is 44.0 Å². The van der Waals surface area contributed by atoms with E-state index >= 15 is 0 Å². The molecular weight excluding hydrogens is 392 g/mol. The Morgan fingerprint density at radius 1 is 1.03 bits per heavy atom. The number of morpholine rings is 1. The highest BCUT2D eigenvalue weighted by molar-refractivity contribution is 6.09. The van der Waals surface area contributed by atoms with Crippen molar-refractivity contribution in [3.05, 3.63) is 58.9 Å². The Bertz CT molecular complexity index is 1280. The van der Waals surface area contributed by atoms with Crippen molar-refractivity contribution in [3.8, 4) is 0 Å². The summed E-state index contributed by atoms with van der Waals surface area (Å²) in [5, 5.41) is 3.89. The number of nitrogens with one attached hydrogen (secondary N) is 1. The Hall–Kier alpha value is -3.45. The van der Waals surface area contributed by atoms with E-state index in [1.165, 1.54) is 0 Å². The number of para-hydroxylation sites is 1. The lowest BCUT2D eigenvalue weighted by atomic mass is 10.1. The van der Waals surface area contributed by atoms with Gasteiger partial charge in [0, 0.05) is 24.2 Å². The summed E-state index contributed by atoms with van der Waals surface area (Å²) in [6.45, 7) is 8.59. The second kappa shape index (κ2) is 7.67. The van der Waals surface area contributed by atoms with Crippen LogP contribution in [0.4, 0.5) is 11.5 Å². The lowest BCUT2D eigenvalue weighted by Crippen LogP contribution is -2.37. The third kappa shape index (κ3) is 3.51. The van der Waals surface area contributed by atoms with E-state index in [0.29, 0.717) is 43.2 Å². The van der Waals surface area contributed by atoms with Crippen LogP contribution < -0.4 is 10.2 Å². The zero-order valence-corrected chi connectivity index (χ0v) is 17.9. The fourth-order valence-corrected chi connectivity index (χ4v) is 4.21. The van der Waals surface area contributed by atoms with Gasteiger partial charge in [0.1, 0.15) is 11.1 Å². The molecule has 0 bridgehead atoms. The Labute approximate surface area is 180 Å². The molecule has 0 unspecified atom stereocenters. The lowest BCUT2D eigenvalue weighted by Gasteiger charge is -2.27. The van der Waals surface area contributed by atoms with Gasteiger partial charge in [0.05, 0.1) is 13.2 Å². The molecule has 31 heavy (non-hydrogen) atoms. The number of aryl methyl sites for hydroxylation is 3. The van der Waals surface area contributed by atoms with Crippen LogP contribution in [0.15, 0.2) is 40.8 Å². The molecule has 0 saturated carbocycles. The third-order valence-electron chi connectivity index (χ3n) is 5.63. The minimum atomic E-state index is -0.336. The number of fused-ring (bicyclic) bond motifs is 3. The maximum atomic E-state index is 13.2. The van der Waals surface area contributed by atoms with E-state index in [4.69, 9.17) is 9.15 Å². The zero-order chi connectivity index (χ0) is 21.5. The van der Waals surface area contributed by atoms with Crippen molar-refractivity contribution >= 4 is 39.5 Å². The summed E-state index contributed by atoms with van der Waals surface area (Å²) in [4.78, 5) is 24.6. The standard InChI is InChI=1S/C24H24N4O3/c1-14-12-15(2)19(16(3)13-14)26-24(29)22-25-20-17-6-4-5-7-18(17)31-21(20)23(27-22)28-8-10-30-11-9-28/h4-7,12-13H,8-11H2,1-3H3,(H,26,29). The topological polar surface area (TPSA) is 80.5 Å². The molecule has 7 heteroatoms. The Balaban J connectivity index is 1.63. The van der Waals surface area contributed by atoms with Crippen molar-refractivity contribution in [3.63, 3.8) is 0 Å². The molecule has 2 aromatic heterocycles. The van der Waals surface area contributed by atoms with Crippen molar-refractivity contribution in [2.24, 2.45) is 0 Å². The fraction of sp³-hybridized carbons (Fsp3) is 0.292. The number of nitrogens with zero attached hydrogens (tertiary/aromatic N) is 3. The van der Waals surface area contributed by atoms with Crippen molar-refractivity contribution in [2.45, 2.75) is 20.8 Å². The molecule has 4 aromatic rings. The number of furan rings is 1. The molecule has 2 aromatic carbocycles. The number of ether oxygens (including phenoxy) is 1. The largest absolute Gasteiger partial charge is 0.450 e. The number of benzene rings is 2. The summed E-state index contributed by atoms with van der Waals surface area (Å²) in [6.07, 6.45) is 0. The first-order chi connectivity index (χ1) is 15.0. The normalized spacial score (nSPS) is 14.4. The summed E-state index contributed by atoms with van der Waals surface area (Å²) in [7, 11) is 0. The van der Waals surface area contributed by atoms with Crippen LogP contribution in [0, 0.1) is 20.8 Å². The first-order valence-corrected chi connectivity index (χ1v) is 10.4. The Morgan fingerprint density at radius 2 is 1.74 bits per heavy atom. The predicted molar refractivity (Wildman–Crippen MR) is 121 cm³/mol. The second-order valence-electron chi connectivity index (χ2n) is 7.97. The van der Waals surface area contributed by atoms with Gasteiger partial charge in [-0.3, -0.25) is 4.79 Å². The molecule has 5 rings (SSSR count). The summed E-state index contributed by atoms with van der Waals surface area (Å²) >= 11 is 0. The van der Waals surface area contributed by atoms with Gasteiger partial charge < -0.3 is 19.4 Å². The molecule has 1 aliphatic rings. The summed E-state index contributed by atoms with van der Waals surface area (Å²) in [5.74, 6) is 0.420. The van der Waals surface area contributed by atoms with Gasteiger partial charge in [0.2, 0.25) is 5.82 Å². The van der Waals surface area contributed by atoms with Gasteiger partial charge in [0.15, 0.2) is 11.4 Å². The minimum Gasteiger partial charge on any atom is -0.450 e. The number of anilines is 2. The van der Waals surface area contributed by atoms with Gasteiger partial charge >= 0.3 is 0 Å². The zero-order valence-electron chi connectivity index (χ0n) is 17.9. The second-order valence-corrected chi connectivity index (χ2v) is 7.97. The predicted octanol–water partition coefficient (Wildman–Crippen LogP) is 4.39. The average Bonchev–Trinajstić information content (AvgIpc) is 3.14. The molecule has 0 aliphatic carbocycles. The molecule has 0 radical (unpaired) electrons. The van der Waals surface area contributed by atoms with E-state index < -0.39 is 0 Å². The van der Waals surface area contributed by atoms with E-state index in [0.717, 1.165) is 33.3 Å². The first-order valence-electron chi connectivity index (χ1n) is 10.4. The van der Waals surface area contributed by atoms with Gasteiger partial charge in [0.25, 0.3) is 5.91 Å². The molecule has 1 saturated heterocycles. The quantitative estimate of drug-likeness (QED) is 0.534. The number of carbonyl (C=O) groups excluding carboxylic acids is 1. The fourth-order valence-electron chi connectivity index (χ4n) is 4.21. The molecule has 3 heterocycles. The van der Waals surface area contributed by atoms with Crippen LogP contribution in [0.3, 0.4) is 0 Å². The van der Waals surface area contributed by atoms with Crippen LogP contribution in [0.5, 0.6) is 0 Å². The molecule has 1 N–H and O–H groups in total. The van der Waals surface area contributed by atoms with Crippen molar-refractivity contribution in [2.75, 3.05) is 36.5 Å². The van der Waals surface area contributed by atoms with E-state index in [1.807, 2.05) is 45.0 Å². The maximum Gasteiger partial charge on any atom is 0.293 e. The molecule has 1 aliphatic heterocycles. The molecule has 158 valence electrons. The number of carbonyl (C=O) groups is 1.